The Kier molecular flexibility index (Phi) is 7.38. The number of carbonyl (C=O) groups is 1. The lowest BCUT2D eigenvalue weighted by atomic mass is 10.1. The number of halogens is 1. The second-order valence-electron chi connectivity index (χ2n) is 8.11. The molecule has 0 aliphatic carbocycles. The maximum Gasteiger partial charge on any atom is 0.244 e. The molecule has 0 spiro atoms. The number of para-hydroxylation sites is 1. The van der Waals surface area contributed by atoms with E-state index >= 15 is 0 Å². The number of nitrogens with zero attached hydrogens (tertiary/aromatic N) is 3. The van der Waals surface area contributed by atoms with Crippen molar-refractivity contribution in [3.8, 4) is 10.6 Å². The van der Waals surface area contributed by atoms with Crippen LogP contribution >= 0.6 is 27.3 Å². The monoisotopic (exact) mass is 593 g/mol. The van der Waals surface area contributed by atoms with Gasteiger partial charge in [-0.3, -0.25) is 15.1 Å². The molecule has 8 nitrogen and oxygen atoms in total. The van der Waals surface area contributed by atoms with E-state index in [0.717, 1.165) is 15.6 Å². The van der Waals surface area contributed by atoms with Gasteiger partial charge < -0.3 is 0 Å². The molecule has 2 N–H and O–H groups in total. The minimum atomic E-state index is -4.10. The van der Waals surface area contributed by atoms with Gasteiger partial charge in [-0.25, -0.2) is 8.42 Å². The lowest BCUT2D eigenvalue weighted by Crippen LogP contribution is -2.45. The third-order valence-electron chi connectivity index (χ3n) is 5.51. The summed E-state index contributed by atoms with van der Waals surface area (Å²) in [5.41, 5.74) is 1.98. The second-order valence-corrected chi connectivity index (χ2v) is 11.7. The van der Waals surface area contributed by atoms with Gasteiger partial charge in [-0.1, -0.05) is 87.9 Å². The molecule has 5 aromatic rings. The van der Waals surface area contributed by atoms with Crippen molar-refractivity contribution < 1.29 is 13.2 Å². The molecule has 5 rings (SSSR count). The molecule has 11 heteroatoms. The van der Waals surface area contributed by atoms with Crippen molar-refractivity contribution in [2.45, 2.75) is 17.4 Å². The Labute approximate surface area is 226 Å². The average molecular weight is 595 g/mol. The van der Waals surface area contributed by atoms with Gasteiger partial charge in [0.05, 0.1) is 5.52 Å². The van der Waals surface area contributed by atoms with E-state index in [1.807, 2.05) is 54.6 Å². The van der Waals surface area contributed by atoms with E-state index in [0.29, 0.717) is 15.9 Å². The van der Waals surface area contributed by atoms with E-state index in [2.05, 4.69) is 41.2 Å². The number of hydrogen-bond donors (Lipinski definition) is 2. The first-order valence-electron chi connectivity index (χ1n) is 11.2. The van der Waals surface area contributed by atoms with Gasteiger partial charge in [0.2, 0.25) is 21.1 Å². The number of aromatic nitrogens is 3. The first-order chi connectivity index (χ1) is 17.9. The summed E-state index contributed by atoms with van der Waals surface area (Å²) in [6.07, 6.45) is 1.68. The number of fused-ring (bicyclic) bond motifs is 1. The van der Waals surface area contributed by atoms with Crippen LogP contribution in [0.25, 0.3) is 21.5 Å². The van der Waals surface area contributed by atoms with Crippen molar-refractivity contribution in [1.29, 1.82) is 0 Å². The van der Waals surface area contributed by atoms with Gasteiger partial charge in [-0.2, -0.15) is 4.72 Å². The summed E-state index contributed by atoms with van der Waals surface area (Å²) in [5, 5.41) is 12.6. The van der Waals surface area contributed by atoms with E-state index in [4.69, 9.17) is 0 Å². The predicted molar refractivity (Wildman–Crippen MR) is 148 cm³/mol. The van der Waals surface area contributed by atoms with Crippen LogP contribution in [-0.4, -0.2) is 35.5 Å². The molecule has 2 aromatic heterocycles. The zero-order valence-electron chi connectivity index (χ0n) is 19.2. The van der Waals surface area contributed by atoms with E-state index < -0.39 is 22.0 Å². The minimum absolute atomic E-state index is 0.00400. The number of anilines is 1. The molecule has 0 saturated heterocycles. The summed E-state index contributed by atoms with van der Waals surface area (Å²) in [5.74, 6) is -0.544. The molecule has 0 aliphatic heterocycles. The van der Waals surface area contributed by atoms with Crippen molar-refractivity contribution in [3.05, 3.63) is 101 Å². The summed E-state index contributed by atoms with van der Waals surface area (Å²) in [4.78, 5) is 17.6. The Morgan fingerprint density at radius 3 is 2.54 bits per heavy atom. The molecule has 0 aliphatic rings. The number of carbonyl (C=O) groups excluding carboxylic acids is 1. The second kappa shape index (κ2) is 10.9. The van der Waals surface area contributed by atoms with Gasteiger partial charge in [-0.15, -0.1) is 10.2 Å². The fourth-order valence-corrected chi connectivity index (χ4v) is 6.30. The van der Waals surface area contributed by atoms with E-state index in [1.54, 1.807) is 24.3 Å². The topological polar surface area (TPSA) is 114 Å². The lowest BCUT2D eigenvalue weighted by molar-refractivity contribution is -0.117. The molecule has 1 atom stereocenters. The average Bonchev–Trinajstić information content (AvgIpc) is 3.37. The predicted octanol–water partition coefficient (Wildman–Crippen LogP) is 5.04. The van der Waals surface area contributed by atoms with Gasteiger partial charge >= 0.3 is 0 Å². The van der Waals surface area contributed by atoms with Crippen molar-refractivity contribution in [3.63, 3.8) is 0 Å². The highest BCUT2D eigenvalue weighted by molar-refractivity contribution is 9.10. The quantitative estimate of drug-likeness (QED) is 0.260. The number of rotatable bonds is 8. The zero-order chi connectivity index (χ0) is 25.8. The minimum Gasteiger partial charge on any atom is -0.299 e. The molecule has 2 heterocycles. The van der Waals surface area contributed by atoms with Crippen LogP contribution in [0.15, 0.2) is 100 Å². The van der Waals surface area contributed by atoms with Crippen LogP contribution in [0, 0.1) is 0 Å². The van der Waals surface area contributed by atoms with Crippen LogP contribution in [0.5, 0.6) is 0 Å². The van der Waals surface area contributed by atoms with Crippen molar-refractivity contribution in [2.75, 3.05) is 5.32 Å². The number of sulfonamides is 1. The Bertz CT molecular complexity index is 1670. The molecule has 186 valence electrons. The van der Waals surface area contributed by atoms with Crippen LogP contribution in [0.2, 0.25) is 0 Å². The largest absolute Gasteiger partial charge is 0.299 e. The maximum absolute atomic E-state index is 13.5. The zero-order valence-corrected chi connectivity index (χ0v) is 22.4. The smallest absolute Gasteiger partial charge is 0.244 e. The molecule has 0 bridgehead atoms. The van der Waals surface area contributed by atoms with Crippen LogP contribution in [0.1, 0.15) is 5.56 Å². The summed E-state index contributed by atoms with van der Waals surface area (Å²) >= 11 is 4.64. The summed E-state index contributed by atoms with van der Waals surface area (Å²) in [6.45, 7) is 0. The highest BCUT2D eigenvalue weighted by atomic mass is 79.9. The van der Waals surface area contributed by atoms with Gasteiger partial charge in [-0.05, 0) is 36.2 Å². The van der Waals surface area contributed by atoms with Gasteiger partial charge in [0, 0.05) is 21.6 Å². The number of benzene rings is 3. The summed E-state index contributed by atoms with van der Waals surface area (Å²) in [7, 11) is -4.10. The number of pyridine rings is 1. The Hall–Kier alpha value is -3.51. The molecule has 0 radical (unpaired) electrons. The van der Waals surface area contributed by atoms with Crippen LogP contribution in [-0.2, 0) is 21.2 Å². The molecule has 37 heavy (non-hydrogen) atoms. The van der Waals surface area contributed by atoms with E-state index in [-0.39, 0.29) is 16.4 Å². The third kappa shape index (κ3) is 5.91. The Morgan fingerprint density at radius 1 is 0.946 bits per heavy atom. The fourth-order valence-electron chi connectivity index (χ4n) is 3.79. The highest BCUT2D eigenvalue weighted by Gasteiger charge is 2.28. The Morgan fingerprint density at radius 2 is 1.73 bits per heavy atom. The molecule has 1 amide bonds. The lowest BCUT2D eigenvalue weighted by Gasteiger charge is -2.18. The van der Waals surface area contributed by atoms with Gasteiger partial charge in [0.25, 0.3) is 0 Å². The molecular formula is C26H20BrN5O3S2. The highest BCUT2D eigenvalue weighted by Crippen LogP contribution is 2.28. The molecule has 0 saturated carbocycles. The fraction of sp³-hybridized carbons (Fsp3) is 0.0769. The summed E-state index contributed by atoms with van der Waals surface area (Å²) in [6, 6.07) is 24.1. The molecular weight excluding hydrogens is 574 g/mol. The molecule has 1 unspecified atom stereocenters. The van der Waals surface area contributed by atoms with Gasteiger partial charge in [0.1, 0.15) is 15.9 Å². The first-order valence-corrected chi connectivity index (χ1v) is 14.3. The van der Waals surface area contributed by atoms with Crippen molar-refractivity contribution >= 4 is 59.2 Å². The van der Waals surface area contributed by atoms with Crippen LogP contribution < -0.4 is 10.0 Å². The standard InChI is InChI=1S/C26H20BrN5O3S2/c27-20-12-4-10-19(16-20)25-30-31-26(36-25)29-24(33)21(15-17-7-2-1-3-8-17)32-37(34,35)22-13-5-9-18-11-6-14-28-23(18)22/h1-14,16,21,32H,15H2,(H,29,31,33). The normalized spacial score (nSPS) is 12.4. The Balaban J connectivity index is 1.42. The van der Waals surface area contributed by atoms with E-state index in [9.17, 15) is 13.2 Å². The van der Waals surface area contributed by atoms with E-state index in [1.165, 1.54) is 23.6 Å². The first kappa shape index (κ1) is 25.2. The number of nitrogens with one attached hydrogen (secondary N) is 2. The third-order valence-corrected chi connectivity index (χ3v) is 8.39. The van der Waals surface area contributed by atoms with Crippen LogP contribution in [0.4, 0.5) is 5.13 Å². The number of amides is 1. The number of hydrogen-bond acceptors (Lipinski definition) is 7. The SMILES string of the molecule is O=C(Nc1nnc(-c2cccc(Br)c2)s1)C(Cc1ccccc1)NS(=O)(=O)c1cccc2cccnc12. The molecule has 3 aromatic carbocycles. The van der Waals surface area contributed by atoms with Crippen molar-refractivity contribution in [1.82, 2.24) is 19.9 Å². The van der Waals surface area contributed by atoms with Crippen LogP contribution in [0.3, 0.4) is 0 Å². The maximum atomic E-state index is 13.5. The van der Waals surface area contributed by atoms with Crippen molar-refractivity contribution in [2.24, 2.45) is 0 Å². The molecule has 0 fully saturated rings. The summed E-state index contributed by atoms with van der Waals surface area (Å²) < 4.78 is 30.4. The van der Waals surface area contributed by atoms with Gasteiger partial charge in [0.15, 0.2) is 0 Å².